The SMILES string of the molecule is Cc1ccc2c(c1)c1cc(C)ccc1n2-c1cc(-c2cccc(-n3c4ccccc4c4ccccc43)c2)cc(-n2c3ccc(C)cc3c3cc(C)ccc32)c1. The molecule has 0 unspecified atom stereocenters. The van der Waals surface area contributed by atoms with Crippen molar-refractivity contribution in [1.82, 2.24) is 13.7 Å². The Morgan fingerprint density at radius 3 is 1.05 bits per heavy atom. The number of hydrogen-bond acceptors (Lipinski definition) is 0. The molecule has 0 bridgehead atoms. The van der Waals surface area contributed by atoms with Gasteiger partial charge in [-0.2, -0.15) is 0 Å². The van der Waals surface area contributed by atoms with Gasteiger partial charge in [-0.05, 0) is 130 Å². The number of fused-ring (bicyclic) bond motifs is 9. The summed E-state index contributed by atoms with van der Waals surface area (Å²) in [4.78, 5) is 0. The third-order valence-corrected chi connectivity index (χ3v) is 11.6. The molecule has 3 heterocycles. The van der Waals surface area contributed by atoms with Crippen molar-refractivity contribution in [1.29, 1.82) is 0 Å². The summed E-state index contributed by atoms with van der Waals surface area (Å²) in [7, 11) is 0. The van der Waals surface area contributed by atoms with E-state index in [2.05, 4.69) is 205 Å². The first-order valence-corrected chi connectivity index (χ1v) is 19.2. The number of rotatable bonds is 4. The second-order valence-corrected chi connectivity index (χ2v) is 15.4. The summed E-state index contributed by atoms with van der Waals surface area (Å²) in [6, 6.07) is 61.2. The normalized spacial score (nSPS) is 12.0. The maximum absolute atomic E-state index is 2.47. The van der Waals surface area contributed by atoms with Gasteiger partial charge in [0.25, 0.3) is 0 Å². The number of nitrogens with zero attached hydrogens (tertiary/aromatic N) is 3. The molecule has 0 radical (unpaired) electrons. The van der Waals surface area contributed by atoms with E-state index in [0.717, 1.165) is 17.1 Å². The van der Waals surface area contributed by atoms with E-state index < -0.39 is 0 Å². The van der Waals surface area contributed by atoms with E-state index in [4.69, 9.17) is 0 Å². The molecule has 11 rings (SSSR count). The molecule has 11 aromatic rings. The Hall–Kier alpha value is -6.84. The van der Waals surface area contributed by atoms with E-state index in [0.29, 0.717) is 0 Å². The van der Waals surface area contributed by atoms with Crippen LogP contribution in [0.15, 0.2) is 164 Å². The highest BCUT2D eigenvalue weighted by molar-refractivity contribution is 6.12. The number of benzene rings is 8. The molecule has 3 aromatic heterocycles. The molecule has 0 aliphatic rings. The van der Waals surface area contributed by atoms with Crippen LogP contribution in [0.25, 0.3) is 93.6 Å². The highest BCUT2D eigenvalue weighted by Gasteiger charge is 2.19. The number of aromatic nitrogens is 3. The van der Waals surface area contributed by atoms with Gasteiger partial charge in [0.15, 0.2) is 0 Å². The molecular formula is C52H39N3. The standard InChI is InChI=1S/C52H39N3/c1-32-16-20-49-43(24-32)44-25-33(2)17-21-50(44)54(49)39-29-37(30-40(31-39)55-51-22-18-34(3)26-45(51)46-27-35(4)19-23-52(46)55)36-10-9-11-38(28-36)53-47-14-7-5-12-41(47)42-13-6-8-15-48(42)53/h5-31H,1-4H3. The highest BCUT2D eigenvalue weighted by Crippen LogP contribution is 2.40. The average molecular weight is 706 g/mol. The van der Waals surface area contributed by atoms with Crippen LogP contribution in [0.2, 0.25) is 0 Å². The third-order valence-electron chi connectivity index (χ3n) is 11.6. The lowest BCUT2D eigenvalue weighted by molar-refractivity contribution is 1.13. The van der Waals surface area contributed by atoms with Crippen molar-refractivity contribution in [3.8, 4) is 28.2 Å². The smallest absolute Gasteiger partial charge is 0.0541 e. The van der Waals surface area contributed by atoms with Crippen molar-refractivity contribution in [2.75, 3.05) is 0 Å². The van der Waals surface area contributed by atoms with Crippen LogP contribution in [0.3, 0.4) is 0 Å². The summed E-state index contributed by atoms with van der Waals surface area (Å²) in [5, 5.41) is 7.65. The lowest BCUT2D eigenvalue weighted by Crippen LogP contribution is -2.00. The van der Waals surface area contributed by atoms with E-state index in [1.54, 1.807) is 0 Å². The summed E-state index contributed by atoms with van der Waals surface area (Å²) in [5.74, 6) is 0. The molecule has 0 saturated heterocycles. The number of hydrogen-bond donors (Lipinski definition) is 0. The molecule has 0 saturated carbocycles. The van der Waals surface area contributed by atoms with Gasteiger partial charge in [-0.15, -0.1) is 0 Å². The number of para-hydroxylation sites is 2. The van der Waals surface area contributed by atoms with Crippen molar-refractivity contribution in [3.05, 3.63) is 186 Å². The van der Waals surface area contributed by atoms with Crippen molar-refractivity contribution in [2.45, 2.75) is 27.7 Å². The van der Waals surface area contributed by atoms with E-state index >= 15 is 0 Å². The Bertz CT molecular complexity index is 3050. The fourth-order valence-electron chi connectivity index (χ4n) is 9.10. The van der Waals surface area contributed by atoms with Gasteiger partial charge in [0.05, 0.1) is 33.1 Å². The molecule has 0 spiro atoms. The molecule has 0 fully saturated rings. The van der Waals surface area contributed by atoms with Gasteiger partial charge in [0.1, 0.15) is 0 Å². The molecule has 0 aliphatic heterocycles. The van der Waals surface area contributed by atoms with Gasteiger partial charge in [0.2, 0.25) is 0 Å². The van der Waals surface area contributed by atoms with E-state index in [-0.39, 0.29) is 0 Å². The van der Waals surface area contributed by atoms with Crippen molar-refractivity contribution < 1.29 is 0 Å². The minimum absolute atomic E-state index is 1.14. The van der Waals surface area contributed by atoms with Gasteiger partial charge < -0.3 is 13.7 Å². The molecule has 262 valence electrons. The largest absolute Gasteiger partial charge is 0.309 e. The van der Waals surface area contributed by atoms with Crippen molar-refractivity contribution >= 4 is 65.4 Å². The van der Waals surface area contributed by atoms with Gasteiger partial charge in [-0.3, -0.25) is 0 Å². The Labute approximate surface area is 319 Å². The first-order chi connectivity index (χ1) is 26.9. The maximum atomic E-state index is 2.47. The van der Waals surface area contributed by atoms with Crippen LogP contribution in [0.4, 0.5) is 0 Å². The summed E-state index contributed by atoms with van der Waals surface area (Å²) in [6.07, 6.45) is 0. The summed E-state index contributed by atoms with van der Waals surface area (Å²) < 4.78 is 7.35. The Kier molecular flexibility index (Phi) is 6.81. The van der Waals surface area contributed by atoms with Crippen LogP contribution in [0.5, 0.6) is 0 Å². The molecule has 55 heavy (non-hydrogen) atoms. The van der Waals surface area contributed by atoms with Crippen molar-refractivity contribution in [2.24, 2.45) is 0 Å². The predicted octanol–water partition coefficient (Wildman–Crippen LogP) is 13.9. The first kappa shape index (κ1) is 31.7. The molecule has 8 aromatic carbocycles. The summed E-state index contributed by atoms with van der Waals surface area (Å²) >= 11 is 0. The van der Waals surface area contributed by atoms with Crippen LogP contribution in [-0.4, -0.2) is 13.7 Å². The Morgan fingerprint density at radius 2 is 0.618 bits per heavy atom. The van der Waals surface area contributed by atoms with Gasteiger partial charge in [0, 0.05) is 49.4 Å². The van der Waals surface area contributed by atoms with Crippen LogP contribution in [0, 0.1) is 27.7 Å². The fraction of sp³-hybridized carbons (Fsp3) is 0.0769. The predicted molar refractivity (Wildman–Crippen MR) is 234 cm³/mol. The Morgan fingerprint density at radius 1 is 0.255 bits per heavy atom. The molecule has 3 heteroatoms. The third kappa shape index (κ3) is 4.83. The van der Waals surface area contributed by atoms with Crippen LogP contribution in [-0.2, 0) is 0 Å². The molecule has 0 aliphatic carbocycles. The zero-order chi connectivity index (χ0) is 36.9. The molecule has 0 amide bonds. The maximum Gasteiger partial charge on any atom is 0.0541 e. The minimum atomic E-state index is 1.14. The van der Waals surface area contributed by atoms with Crippen LogP contribution >= 0.6 is 0 Å². The zero-order valence-corrected chi connectivity index (χ0v) is 31.4. The second-order valence-electron chi connectivity index (χ2n) is 15.4. The van der Waals surface area contributed by atoms with E-state index in [9.17, 15) is 0 Å². The molecular weight excluding hydrogens is 667 g/mol. The zero-order valence-electron chi connectivity index (χ0n) is 31.4. The lowest BCUT2D eigenvalue weighted by atomic mass is 10.0. The van der Waals surface area contributed by atoms with Crippen molar-refractivity contribution in [3.63, 3.8) is 0 Å². The lowest BCUT2D eigenvalue weighted by Gasteiger charge is -2.17. The van der Waals surface area contributed by atoms with Crippen LogP contribution < -0.4 is 0 Å². The quantitative estimate of drug-likeness (QED) is 0.173. The monoisotopic (exact) mass is 705 g/mol. The van der Waals surface area contributed by atoms with Gasteiger partial charge >= 0.3 is 0 Å². The topological polar surface area (TPSA) is 14.8 Å². The first-order valence-electron chi connectivity index (χ1n) is 19.2. The highest BCUT2D eigenvalue weighted by atomic mass is 15.0. The Balaban J connectivity index is 1.22. The average Bonchev–Trinajstić information content (AvgIpc) is 3.82. The van der Waals surface area contributed by atoms with Gasteiger partial charge in [-0.25, -0.2) is 0 Å². The summed E-state index contributed by atoms with van der Waals surface area (Å²) in [5.41, 5.74) is 18.1. The number of aryl methyl sites for hydroxylation is 4. The fourth-order valence-corrected chi connectivity index (χ4v) is 9.10. The van der Waals surface area contributed by atoms with E-state index in [1.165, 1.54) is 98.8 Å². The molecule has 3 nitrogen and oxygen atoms in total. The molecule has 0 atom stereocenters. The summed E-state index contributed by atoms with van der Waals surface area (Å²) in [6.45, 7) is 8.75. The molecule has 0 N–H and O–H groups in total. The van der Waals surface area contributed by atoms with E-state index in [1.807, 2.05) is 0 Å². The minimum Gasteiger partial charge on any atom is -0.309 e. The van der Waals surface area contributed by atoms with Crippen LogP contribution in [0.1, 0.15) is 22.3 Å². The second kappa shape index (κ2) is 11.8. The van der Waals surface area contributed by atoms with Gasteiger partial charge in [-0.1, -0.05) is 95.1 Å².